The van der Waals surface area contributed by atoms with E-state index in [4.69, 9.17) is 4.74 Å². The molecule has 0 aromatic heterocycles. The smallest absolute Gasteiger partial charge is 0.316 e. The molecule has 0 bridgehead atoms. The van der Waals surface area contributed by atoms with Crippen molar-refractivity contribution < 1.29 is 19.4 Å². The average molecular weight is 328 g/mol. The summed E-state index contributed by atoms with van der Waals surface area (Å²) in [4.78, 5) is 25.7. The number of hydrogen-bond donors (Lipinski definition) is 2. The van der Waals surface area contributed by atoms with Crippen LogP contribution in [-0.2, 0) is 22.7 Å². The highest BCUT2D eigenvalue weighted by Gasteiger charge is 2.22. The third-order valence-electron chi connectivity index (χ3n) is 3.67. The second-order valence-corrected chi connectivity index (χ2v) is 5.15. The molecular weight excluding hydrogens is 308 g/mol. The van der Waals surface area contributed by atoms with E-state index >= 15 is 0 Å². The number of methoxy groups -OCH3 is 1. The Labute approximate surface area is 140 Å². The monoisotopic (exact) mass is 328 g/mol. The standard InChI is InChI=1S/C18H20N2O4/c1-20(15-9-5-6-10-16(15)24-2)18(23)17(22)19-11-13-7-3-4-8-14(13)12-21/h3-10,21H,11-12H2,1-2H3,(H,19,22). The number of nitrogens with zero attached hydrogens (tertiary/aromatic N) is 1. The molecule has 2 aromatic rings. The summed E-state index contributed by atoms with van der Waals surface area (Å²) in [7, 11) is 3.02. The third kappa shape index (κ3) is 3.91. The summed E-state index contributed by atoms with van der Waals surface area (Å²) in [6.45, 7) is 0.0438. The minimum absolute atomic E-state index is 0.124. The van der Waals surface area contributed by atoms with Crippen molar-refractivity contribution in [1.29, 1.82) is 0 Å². The summed E-state index contributed by atoms with van der Waals surface area (Å²) in [5.41, 5.74) is 1.99. The molecule has 0 heterocycles. The first-order valence-electron chi connectivity index (χ1n) is 7.45. The number of ether oxygens (including phenoxy) is 1. The van der Waals surface area contributed by atoms with Gasteiger partial charge in [-0.3, -0.25) is 9.59 Å². The van der Waals surface area contributed by atoms with Gasteiger partial charge in [-0.05, 0) is 23.3 Å². The van der Waals surface area contributed by atoms with Gasteiger partial charge < -0.3 is 20.1 Å². The highest BCUT2D eigenvalue weighted by atomic mass is 16.5. The highest BCUT2D eigenvalue weighted by molar-refractivity contribution is 6.40. The predicted octanol–water partition coefficient (Wildman–Crippen LogP) is 1.47. The first kappa shape index (κ1) is 17.5. The zero-order chi connectivity index (χ0) is 17.5. The van der Waals surface area contributed by atoms with Crippen LogP contribution in [-0.4, -0.2) is 31.1 Å². The molecule has 2 N–H and O–H groups in total. The van der Waals surface area contributed by atoms with Crippen LogP contribution in [0.3, 0.4) is 0 Å². The molecule has 0 unspecified atom stereocenters. The normalized spacial score (nSPS) is 10.1. The molecule has 0 fully saturated rings. The van der Waals surface area contributed by atoms with Crippen LogP contribution in [0.15, 0.2) is 48.5 Å². The number of rotatable bonds is 5. The van der Waals surface area contributed by atoms with E-state index in [9.17, 15) is 14.7 Å². The number of para-hydroxylation sites is 2. The van der Waals surface area contributed by atoms with Crippen molar-refractivity contribution >= 4 is 17.5 Å². The molecular formula is C18H20N2O4. The lowest BCUT2D eigenvalue weighted by molar-refractivity contribution is -0.137. The van der Waals surface area contributed by atoms with Crippen molar-refractivity contribution in [2.24, 2.45) is 0 Å². The molecule has 0 aliphatic carbocycles. The molecule has 6 heteroatoms. The van der Waals surface area contributed by atoms with Crippen LogP contribution < -0.4 is 15.0 Å². The summed E-state index contributed by atoms with van der Waals surface area (Å²) in [5, 5.41) is 11.9. The van der Waals surface area contributed by atoms with E-state index in [0.29, 0.717) is 17.0 Å². The first-order valence-corrected chi connectivity index (χ1v) is 7.45. The van der Waals surface area contributed by atoms with E-state index in [1.54, 1.807) is 42.5 Å². The molecule has 0 aliphatic rings. The van der Waals surface area contributed by atoms with Gasteiger partial charge in [-0.15, -0.1) is 0 Å². The number of amides is 2. The van der Waals surface area contributed by atoms with Crippen molar-refractivity contribution in [3.05, 3.63) is 59.7 Å². The molecule has 0 aliphatic heterocycles. The Hall–Kier alpha value is -2.86. The van der Waals surface area contributed by atoms with Gasteiger partial charge in [0, 0.05) is 13.6 Å². The topological polar surface area (TPSA) is 78.9 Å². The minimum Gasteiger partial charge on any atom is -0.495 e. The van der Waals surface area contributed by atoms with Gasteiger partial charge in [0.05, 0.1) is 19.4 Å². The molecule has 0 radical (unpaired) electrons. The van der Waals surface area contributed by atoms with Gasteiger partial charge in [-0.25, -0.2) is 0 Å². The van der Waals surface area contributed by atoms with E-state index in [0.717, 1.165) is 5.56 Å². The number of carbonyl (C=O) groups is 2. The predicted molar refractivity (Wildman–Crippen MR) is 90.6 cm³/mol. The van der Waals surface area contributed by atoms with Gasteiger partial charge in [0.15, 0.2) is 0 Å². The van der Waals surface area contributed by atoms with E-state index in [1.807, 2.05) is 6.07 Å². The van der Waals surface area contributed by atoms with Crippen molar-refractivity contribution in [3.8, 4) is 5.75 Å². The SMILES string of the molecule is COc1ccccc1N(C)C(=O)C(=O)NCc1ccccc1CO. The van der Waals surface area contributed by atoms with E-state index in [-0.39, 0.29) is 13.2 Å². The largest absolute Gasteiger partial charge is 0.495 e. The van der Waals surface area contributed by atoms with Gasteiger partial charge in [-0.1, -0.05) is 36.4 Å². The number of benzene rings is 2. The van der Waals surface area contributed by atoms with Gasteiger partial charge in [0.25, 0.3) is 0 Å². The Balaban J connectivity index is 2.05. The number of aliphatic hydroxyl groups excluding tert-OH is 1. The number of aliphatic hydroxyl groups is 1. The van der Waals surface area contributed by atoms with Crippen LogP contribution in [0.2, 0.25) is 0 Å². The number of nitrogens with one attached hydrogen (secondary N) is 1. The first-order chi connectivity index (χ1) is 11.6. The molecule has 2 rings (SSSR count). The van der Waals surface area contributed by atoms with Crippen molar-refractivity contribution in [3.63, 3.8) is 0 Å². The molecule has 0 saturated heterocycles. The van der Waals surface area contributed by atoms with Crippen LogP contribution in [0.25, 0.3) is 0 Å². The number of likely N-dealkylation sites (N-methyl/N-ethyl adjacent to an activating group) is 1. The van der Waals surface area contributed by atoms with E-state index in [2.05, 4.69) is 5.32 Å². The number of hydrogen-bond acceptors (Lipinski definition) is 4. The molecule has 0 atom stereocenters. The maximum absolute atomic E-state index is 12.3. The number of anilines is 1. The molecule has 2 aromatic carbocycles. The Kier molecular flexibility index (Phi) is 5.92. The van der Waals surface area contributed by atoms with Crippen LogP contribution in [0.1, 0.15) is 11.1 Å². The fourth-order valence-corrected chi connectivity index (χ4v) is 2.30. The maximum Gasteiger partial charge on any atom is 0.316 e. The summed E-state index contributed by atoms with van der Waals surface area (Å²) in [6.07, 6.45) is 0. The van der Waals surface area contributed by atoms with Gasteiger partial charge in [0.1, 0.15) is 5.75 Å². The van der Waals surface area contributed by atoms with E-state index < -0.39 is 11.8 Å². The quantitative estimate of drug-likeness (QED) is 0.815. The van der Waals surface area contributed by atoms with E-state index in [1.165, 1.54) is 19.1 Å². The van der Waals surface area contributed by atoms with Crippen LogP contribution >= 0.6 is 0 Å². The summed E-state index contributed by atoms with van der Waals surface area (Å²) in [5.74, 6) is -0.913. The Bertz CT molecular complexity index is 730. The minimum atomic E-state index is -0.726. The lowest BCUT2D eigenvalue weighted by Crippen LogP contribution is -2.41. The Morgan fingerprint density at radius 3 is 2.38 bits per heavy atom. The molecule has 0 saturated carbocycles. The summed E-state index contributed by atoms with van der Waals surface area (Å²) < 4.78 is 5.20. The lowest BCUT2D eigenvalue weighted by atomic mass is 10.1. The van der Waals surface area contributed by atoms with Gasteiger partial charge in [0.2, 0.25) is 0 Å². The summed E-state index contributed by atoms with van der Waals surface area (Å²) in [6, 6.07) is 14.1. The Morgan fingerprint density at radius 1 is 1.08 bits per heavy atom. The van der Waals surface area contributed by atoms with Crippen molar-refractivity contribution in [1.82, 2.24) is 5.32 Å². The van der Waals surface area contributed by atoms with Crippen LogP contribution in [0, 0.1) is 0 Å². The third-order valence-corrected chi connectivity index (χ3v) is 3.67. The zero-order valence-electron chi connectivity index (χ0n) is 13.7. The molecule has 24 heavy (non-hydrogen) atoms. The van der Waals surface area contributed by atoms with Crippen molar-refractivity contribution in [2.75, 3.05) is 19.1 Å². The molecule has 6 nitrogen and oxygen atoms in total. The fourth-order valence-electron chi connectivity index (χ4n) is 2.30. The highest BCUT2D eigenvalue weighted by Crippen LogP contribution is 2.26. The lowest BCUT2D eigenvalue weighted by Gasteiger charge is -2.19. The molecule has 126 valence electrons. The summed E-state index contributed by atoms with van der Waals surface area (Å²) >= 11 is 0. The van der Waals surface area contributed by atoms with Gasteiger partial charge >= 0.3 is 11.8 Å². The fraction of sp³-hybridized carbons (Fsp3) is 0.222. The maximum atomic E-state index is 12.3. The second kappa shape index (κ2) is 8.12. The van der Waals surface area contributed by atoms with Gasteiger partial charge in [-0.2, -0.15) is 0 Å². The Morgan fingerprint density at radius 2 is 1.71 bits per heavy atom. The zero-order valence-corrected chi connectivity index (χ0v) is 13.7. The molecule has 0 spiro atoms. The second-order valence-electron chi connectivity index (χ2n) is 5.15. The average Bonchev–Trinajstić information content (AvgIpc) is 2.64. The van der Waals surface area contributed by atoms with Crippen LogP contribution in [0.5, 0.6) is 5.75 Å². The van der Waals surface area contributed by atoms with Crippen LogP contribution in [0.4, 0.5) is 5.69 Å². The molecule has 2 amide bonds. The van der Waals surface area contributed by atoms with Crippen molar-refractivity contribution in [2.45, 2.75) is 13.2 Å². The number of carbonyl (C=O) groups excluding carboxylic acids is 2.